The molecule has 58 valence electrons. The van der Waals surface area contributed by atoms with Crippen LogP contribution in [0, 0.1) is 0 Å². The van der Waals surface area contributed by atoms with Gasteiger partial charge in [0.25, 0.3) is 0 Å². The van der Waals surface area contributed by atoms with E-state index >= 15 is 0 Å². The average molecular weight is 166 g/mol. The fourth-order valence-corrected chi connectivity index (χ4v) is 1.38. The van der Waals surface area contributed by atoms with Gasteiger partial charge in [0.05, 0.1) is 5.69 Å². The summed E-state index contributed by atoms with van der Waals surface area (Å²) < 4.78 is 0. The van der Waals surface area contributed by atoms with Crippen molar-refractivity contribution in [1.29, 1.82) is 0 Å². The molecule has 0 unspecified atom stereocenters. The van der Waals surface area contributed by atoms with Crippen molar-refractivity contribution in [3.05, 3.63) is 30.1 Å². The third-order valence-corrected chi connectivity index (χ3v) is 2.18. The number of aromatic nitrogens is 1. The van der Waals surface area contributed by atoms with Crippen LogP contribution in [-0.4, -0.2) is 17.3 Å². The second kappa shape index (κ2) is 5.16. The minimum Gasteiger partial charge on any atom is -0.260 e. The van der Waals surface area contributed by atoms with Crippen molar-refractivity contribution in [2.24, 2.45) is 0 Å². The zero-order valence-electron chi connectivity index (χ0n) is 6.23. The first kappa shape index (κ1) is 8.56. The highest BCUT2D eigenvalue weighted by atomic mass is 32.2. The molecule has 0 N–H and O–H groups in total. The number of hydrogen-bond donors (Lipinski definition) is 0. The van der Waals surface area contributed by atoms with Crippen molar-refractivity contribution >= 4 is 11.8 Å². The Balaban J connectivity index is 2.28. The molecule has 0 bridgehead atoms. The van der Waals surface area contributed by atoms with Crippen molar-refractivity contribution in [3.63, 3.8) is 0 Å². The molecule has 1 aromatic heterocycles. The van der Waals surface area contributed by atoms with Crippen LogP contribution in [0.1, 0.15) is 5.69 Å². The molecule has 0 amide bonds. The minimum absolute atomic E-state index is 0.248. The van der Waals surface area contributed by atoms with E-state index < -0.39 is 0 Å². The van der Waals surface area contributed by atoms with Gasteiger partial charge in [-0.25, -0.2) is 0 Å². The van der Waals surface area contributed by atoms with E-state index in [0.717, 1.165) is 17.2 Å². The first-order chi connectivity index (χ1) is 5.43. The van der Waals surface area contributed by atoms with E-state index in [2.05, 4.69) is 4.98 Å². The lowest BCUT2D eigenvalue weighted by atomic mass is 10.4. The van der Waals surface area contributed by atoms with Gasteiger partial charge >= 0.3 is 0 Å². The molecule has 0 fully saturated rings. The Morgan fingerprint density at radius 3 is 3.00 bits per heavy atom. The number of hydrogen-bond acceptors (Lipinski definition) is 2. The highest BCUT2D eigenvalue weighted by Gasteiger charge is 1.91. The second-order valence-corrected chi connectivity index (χ2v) is 3.20. The van der Waals surface area contributed by atoms with Crippen LogP contribution >= 0.6 is 11.8 Å². The standard InChI is InChI=1S/C8H10N2S/c9-4-6-11-7-8-3-1-2-5-10-8/h1-3,5H,4,6-7H2. The molecular weight excluding hydrogens is 156 g/mol. The molecule has 0 saturated heterocycles. The molecular formula is C8H10N2S. The van der Waals surface area contributed by atoms with Crippen LogP contribution in [0.2, 0.25) is 0 Å². The molecule has 3 heteroatoms. The molecule has 1 heterocycles. The summed E-state index contributed by atoms with van der Waals surface area (Å²) in [4.78, 5) is 4.15. The Morgan fingerprint density at radius 1 is 1.45 bits per heavy atom. The molecule has 0 aromatic carbocycles. The van der Waals surface area contributed by atoms with Gasteiger partial charge in [0.2, 0.25) is 0 Å². The number of thioether (sulfide) groups is 1. The lowest BCUT2D eigenvalue weighted by Gasteiger charge is -1.96. The Kier molecular flexibility index (Phi) is 4.01. The lowest BCUT2D eigenvalue weighted by molar-refractivity contribution is 1.10. The fraction of sp³-hybridized carbons (Fsp3) is 0.375. The summed E-state index contributed by atoms with van der Waals surface area (Å²) in [5.41, 5.74) is 9.58. The zero-order chi connectivity index (χ0) is 7.94. The van der Waals surface area contributed by atoms with E-state index in [9.17, 15) is 0 Å². The van der Waals surface area contributed by atoms with Crippen LogP contribution in [0.3, 0.4) is 0 Å². The van der Waals surface area contributed by atoms with Gasteiger partial charge in [-0.05, 0) is 12.1 Å². The average Bonchev–Trinajstić information content (AvgIpc) is 2.07. The smallest absolute Gasteiger partial charge is 0.0502 e. The highest BCUT2D eigenvalue weighted by molar-refractivity contribution is 7.98. The molecule has 0 saturated carbocycles. The van der Waals surface area contributed by atoms with Gasteiger partial charge < -0.3 is 0 Å². The normalized spacial score (nSPS) is 9.91. The predicted molar refractivity (Wildman–Crippen MR) is 47.4 cm³/mol. The third-order valence-electron chi connectivity index (χ3n) is 1.21. The first-order valence-electron chi connectivity index (χ1n) is 3.52. The molecule has 1 aromatic rings. The topological polar surface area (TPSA) is 35.2 Å². The molecule has 0 aliphatic heterocycles. The molecule has 1 rings (SSSR count). The fourth-order valence-electron chi connectivity index (χ4n) is 0.725. The zero-order valence-corrected chi connectivity index (χ0v) is 7.05. The summed E-state index contributed by atoms with van der Waals surface area (Å²) in [6, 6.07) is 5.87. The van der Waals surface area contributed by atoms with Gasteiger partial charge in [0, 0.05) is 24.2 Å². The molecule has 0 spiro atoms. The van der Waals surface area contributed by atoms with Gasteiger partial charge in [-0.15, -0.1) is 5.73 Å². The van der Waals surface area contributed by atoms with Gasteiger partial charge in [0.15, 0.2) is 0 Å². The summed E-state index contributed by atoms with van der Waals surface area (Å²) in [5, 5.41) is 0. The molecule has 2 nitrogen and oxygen atoms in total. The van der Waals surface area contributed by atoms with Crippen molar-refractivity contribution in [2.45, 2.75) is 5.75 Å². The Hall–Kier alpha value is -0.540. The summed E-state index contributed by atoms with van der Waals surface area (Å²) in [7, 11) is 0. The van der Waals surface area contributed by atoms with Crippen molar-refractivity contribution in [1.82, 2.24) is 10.7 Å². The van der Waals surface area contributed by atoms with E-state index in [4.69, 9.17) is 5.73 Å². The number of nitrogens with zero attached hydrogens (tertiary/aromatic N) is 2. The Labute approximate surface area is 71.2 Å². The van der Waals surface area contributed by atoms with Crippen molar-refractivity contribution in [3.8, 4) is 0 Å². The number of pyridine rings is 1. The van der Waals surface area contributed by atoms with Crippen LogP contribution in [-0.2, 0) is 5.75 Å². The Bertz CT molecular complexity index is 189. The van der Waals surface area contributed by atoms with Crippen molar-refractivity contribution < 1.29 is 0 Å². The Morgan fingerprint density at radius 2 is 2.36 bits per heavy atom. The van der Waals surface area contributed by atoms with Gasteiger partial charge in [-0.1, -0.05) is 6.07 Å². The van der Waals surface area contributed by atoms with Crippen LogP contribution in [0.4, 0.5) is 0 Å². The van der Waals surface area contributed by atoms with E-state index in [1.54, 1.807) is 18.0 Å². The molecule has 11 heavy (non-hydrogen) atoms. The summed E-state index contributed by atoms with van der Waals surface area (Å²) in [6.07, 6.45) is 1.79. The van der Waals surface area contributed by atoms with Crippen molar-refractivity contribution in [2.75, 3.05) is 12.3 Å². The van der Waals surface area contributed by atoms with E-state index in [-0.39, 0.29) is 6.54 Å². The third kappa shape index (κ3) is 3.39. The van der Waals surface area contributed by atoms with Crippen LogP contribution in [0.5, 0.6) is 0 Å². The van der Waals surface area contributed by atoms with Crippen LogP contribution < -0.4 is 5.73 Å². The monoisotopic (exact) mass is 166 g/mol. The number of rotatable bonds is 4. The maximum Gasteiger partial charge on any atom is 0.0502 e. The van der Waals surface area contributed by atoms with Gasteiger partial charge in [-0.3, -0.25) is 4.98 Å². The van der Waals surface area contributed by atoms with E-state index in [1.807, 2.05) is 18.2 Å². The maximum atomic E-state index is 8.50. The second-order valence-electron chi connectivity index (χ2n) is 2.10. The van der Waals surface area contributed by atoms with Crippen LogP contribution in [0.15, 0.2) is 24.4 Å². The maximum absolute atomic E-state index is 8.50. The summed E-state index contributed by atoms with van der Waals surface area (Å²) in [6.45, 7) is 0.248. The van der Waals surface area contributed by atoms with Crippen LogP contribution in [0.25, 0.3) is 0 Å². The van der Waals surface area contributed by atoms with E-state index in [0.29, 0.717) is 0 Å². The predicted octanol–water partition coefficient (Wildman–Crippen LogP) is 1.38. The van der Waals surface area contributed by atoms with E-state index in [1.165, 1.54) is 0 Å². The molecule has 0 aliphatic carbocycles. The lowest BCUT2D eigenvalue weighted by Crippen LogP contribution is -1.91. The minimum atomic E-state index is 0.248. The quantitative estimate of drug-likeness (QED) is 0.633. The molecule has 0 aliphatic rings. The summed E-state index contributed by atoms with van der Waals surface area (Å²) in [5.74, 6) is 1.68. The first-order valence-corrected chi connectivity index (χ1v) is 4.67. The molecule has 0 atom stereocenters. The molecule has 2 radical (unpaired) electrons. The largest absolute Gasteiger partial charge is 0.260 e. The SMILES string of the molecule is [N]CCSCc1ccccn1. The highest BCUT2D eigenvalue weighted by Crippen LogP contribution is 2.07. The van der Waals surface area contributed by atoms with Gasteiger partial charge in [-0.2, -0.15) is 11.8 Å². The van der Waals surface area contributed by atoms with Gasteiger partial charge in [0.1, 0.15) is 0 Å². The summed E-state index contributed by atoms with van der Waals surface area (Å²) >= 11 is 1.69.